The van der Waals surface area contributed by atoms with Crippen molar-refractivity contribution in [1.29, 1.82) is 0 Å². The first-order valence-corrected chi connectivity index (χ1v) is 13.6. The molecule has 5 aromatic rings. The van der Waals surface area contributed by atoms with Crippen molar-refractivity contribution >= 4 is 19.4 Å². The Kier molecular flexibility index (Phi) is 6.07. The molecule has 0 bridgehead atoms. The zero-order valence-corrected chi connectivity index (χ0v) is 23.2. The molecule has 39 heavy (non-hydrogen) atoms. The molecule has 190 valence electrons. The molecular weight excluding hydrogens is 471 g/mol. The van der Waals surface area contributed by atoms with Crippen LogP contribution in [0.2, 0.25) is 0 Å². The van der Waals surface area contributed by atoms with Gasteiger partial charge in [-0.1, -0.05) is 130 Å². The second-order valence-electron chi connectivity index (χ2n) is 11.6. The lowest BCUT2D eigenvalue weighted by molar-refractivity contribution is 0.482. The highest BCUT2D eigenvalue weighted by Crippen LogP contribution is 2.56. The van der Waals surface area contributed by atoms with Gasteiger partial charge in [-0.2, -0.15) is 0 Å². The van der Waals surface area contributed by atoms with Crippen molar-refractivity contribution < 1.29 is 4.74 Å². The molecule has 1 unspecified atom stereocenters. The molecule has 0 saturated carbocycles. The largest absolute Gasteiger partial charge is 0.457 e. The van der Waals surface area contributed by atoms with Gasteiger partial charge in [0.2, 0.25) is 0 Å². The van der Waals surface area contributed by atoms with Gasteiger partial charge in [0.1, 0.15) is 19.3 Å². The number of ether oxygens (including phenoxy) is 1. The number of benzene rings is 5. The summed E-state index contributed by atoms with van der Waals surface area (Å²) in [5.74, 6) is 1.63. The lowest BCUT2D eigenvalue weighted by Gasteiger charge is -2.34. The summed E-state index contributed by atoms with van der Waals surface area (Å²) >= 11 is 0. The normalized spacial score (nSPS) is 15.9. The fourth-order valence-electron chi connectivity index (χ4n) is 5.98. The minimum atomic E-state index is -0.418. The van der Waals surface area contributed by atoms with Gasteiger partial charge in [0, 0.05) is 0 Å². The first-order chi connectivity index (χ1) is 18.8. The second-order valence-corrected chi connectivity index (χ2v) is 11.6. The Bertz CT molecular complexity index is 1660. The molecule has 0 radical (unpaired) electrons. The molecule has 2 heteroatoms. The summed E-state index contributed by atoms with van der Waals surface area (Å²) in [5, 5.41) is 0. The third kappa shape index (κ3) is 4.21. The van der Waals surface area contributed by atoms with Crippen molar-refractivity contribution in [2.75, 3.05) is 0 Å². The maximum absolute atomic E-state index is 6.21. The summed E-state index contributed by atoms with van der Waals surface area (Å²) in [6.07, 6.45) is 1.84. The Hall–Kier alpha value is -4.30. The molecule has 1 aliphatic carbocycles. The summed E-state index contributed by atoms with van der Waals surface area (Å²) in [4.78, 5) is 0. The van der Waals surface area contributed by atoms with Crippen molar-refractivity contribution in [3.05, 3.63) is 155 Å². The molecule has 6 rings (SSSR count). The maximum atomic E-state index is 6.21. The quantitative estimate of drug-likeness (QED) is 0.216. The third-order valence-electron chi connectivity index (χ3n) is 8.02. The summed E-state index contributed by atoms with van der Waals surface area (Å²) < 4.78 is 6.21. The number of hydrogen-bond acceptors (Lipinski definition) is 1. The van der Waals surface area contributed by atoms with E-state index < -0.39 is 5.41 Å². The minimum absolute atomic E-state index is 0.0939. The van der Waals surface area contributed by atoms with Crippen LogP contribution in [-0.4, -0.2) is 7.85 Å². The second kappa shape index (κ2) is 9.47. The van der Waals surface area contributed by atoms with Crippen LogP contribution in [0.15, 0.2) is 122 Å². The highest BCUT2D eigenvalue weighted by Gasteiger charge is 2.46. The van der Waals surface area contributed by atoms with Crippen LogP contribution >= 0.6 is 0 Å². The van der Waals surface area contributed by atoms with E-state index in [9.17, 15) is 0 Å². The van der Waals surface area contributed by atoms with E-state index in [4.69, 9.17) is 4.74 Å². The fraction of sp³-hybridized carbons (Fsp3) is 0.135. The molecule has 0 N–H and O–H groups in total. The molecule has 0 saturated heterocycles. The summed E-state index contributed by atoms with van der Waals surface area (Å²) in [6.45, 7) is 10.6. The standard InChI is InChI=1S/C37H33BO/c1-5-25-10-19-30(20-11-25)39-31-21-16-28(17-22-31)37(27-14-12-26(13-15-27)36(2,3)4)34-9-7-6-8-32(34)33-23-18-29(38)24-35(33)37/h5-24H,1,38H2,2-4H3. The lowest BCUT2D eigenvalue weighted by Crippen LogP contribution is -2.29. The van der Waals surface area contributed by atoms with Gasteiger partial charge in [-0.15, -0.1) is 0 Å². The molecule has 1 nitrogen and oxygen atoms in total. The van der Waals surface area contributed by atoms with E-state index in [0.717, 1.165) is 17.1 Å². The molecule has 0 amide bonds. The summed E-state index contributed by atoms with van der Waals surface area (Å²) in [5.41, 5.74) is 11.1. The molecule has 1 atom stereocenters. The van der Waals surface area contributed by atoms with Crippen LogP contribution in [0.1, 0.15) is 54.2 Å². The SMILES string of the molecule is Bc1ccc2c(c1)C(c1ccc(Oc3ccc(C=C)cc3)cc1)(c1ccc(C(C)(C)C)cc1)c1ccccc1-2. The van der Waals surface area contributed by atoms with Crippen LogP contribution in [0.25, 0.3) is 17.2 Å². The average molecular weight is 504 g/mol. The van der Waals surface area contributed by atoms with E-state index in [1.54, 1.807) is 0 Å². The van der Waals surface area contributed by atoms with Gasteiger partial charge >= 0.3 is 0 Å². The molecule has 0 aliphatic heterocycles. The zero-order valence-electron chi connectivity index (χ0n) is 23.2. The molecule has 1 aliphatic rings. The predicted octanol–water partition coefficient (Wildman–Crippen LogP) is 8.04. The van der Waals surface area contributed by atoms with Crippen molar-refractivity contribution in [3.63, 3.8) is 0 Å². The molecule has 0 heterocycles. The maximum Gasteiger partial charge on any atom is 0.139 e. The van der Waals surface area contributed by atoms with Gasteiger partial charge in [-0.05, 0) is 74.2 Å². The zero-order chi connectivity index (χ0) is 27.2. The minimum Gasteiger partial charge on any atom is -0.457 e. The Morgan fingerprint density at radius 2 is 1.23 bits per heavy atom. The molecule has 5 aromatic carbocycles. The van der Waals surface area contributed by atoms with Crippen molar-refractivity contribution in [2.24, 2.45) is 0 Å². The summed E-state index contributed by atoms with van der Waals surface area (Å²) in [6, 6.07) is 41.7. The highest BCUT2D eigenvalue weighted by molar-refractivity contribution is 6.32. The Balaban J connectivity index is 1.53. The fourth-order valence-corrected chi connectivity index (χ4v) is 5.98. The number of hydrogen-bond donors (Lipinski definition) is 0. The Labute approximate surface area is 233 Å². The van der Waals surface area contributed by atoms with Gasteiger partial charge in [0.05, 0.1) is 5.41 Å². The molecule has 0 spiro atoms. The van der Waals surface area contributed by atoms with Gasteiger partial charge in [-0.3, -0.25) is 0 Å². The van der Waals surface area contributed by atoms with Crippen LogP contribution in [0.3, 0.4) is 0 Å². The van der Waals surface area contributed by atoms with Crippen molar-refractivity contribution in [1.82, 2.24) is 0 Å². The highest BCUT2D eigenvalue weighted by atomic mass is 16.5. The van der Waals surface area contributed by atoms with Gasteiger partial charge in [0.15, 0.2) is 0 Å². The first-order valence-electron chi connectivity index (χ1n) is 13.6. The van der Waals surface area contributed by atoms with Gasteiger partial charge in [0.25, 0.3) is 0 Å². The summed E-state index contributed by atoms with van der Waals surface area (Å²) in [7, 11) is 2.19. The average Bonchev–Trinajstić information content (AvgIpc) is 3.24. The van der Waals surface area contributed by atoms with Gasteiger partial charge in [-0.25, -0.2) is 0 Å². The van der Waals surface area contributed by atoms with E-state index >= 15 is 0 Å². The van der Waals surface area contributed by atoms with E-state index in [1.165, 1.54) is 44.4 Å². The van der Waals surface area contributed by atoms with E-state index in [0.29, 0.717) is 0 Å². The number of rotatable bonds is 5. The Morgan fingerprint density at radius 3 is 1.85 bits per heavy atom. The monoisotopic (exact) mass is 504 g/mol. The van der Waals surface area contributed by atoms with Gasteiger partial charge < -0.3 is 4.74 Å². The Morgan fingerprint density at radius 1 is 0.667 bits per heavy atom. The van der Waals surface area contributed by atoms with Crippen LogP contribution in [0.4, 0.5) is 0 Å². The van der Waals surface area contributed by atoms with Crippen LogP contribution in [0.5, 0.6) is 11.5 Å². The first kappa shape index (κ1) is 25.0. The molecule has 0 fully saturated rings. The molecule has 0 aromatic heterocycles. The van der Waals surface area contributed by atoms with E-state index in [2.05, 4.69) is 126 Å². The van der Waals surface area contributed by atoms with E-state index in [1.807, 2.05) is 30.3 Å². The van der Waals surface area contributed by atoms with Crippen LogP contribution in [0, 0.1) is 0 Å². The topological polar surface area (TPSA) is 9.23 Å². The predicted molar refractivity (Wildman–Crippen MR) is 167 cm³/mol. The lowest BCUT2D eigenvalue weighted by atomic mass is 9.66. The van der Waals surface area contributed by atoms with E-state index in [-0.39, 0.29) is 5.41 Å². The van der Waals surface area contributed by atoms with Crippen molar-refractivity contribution in [2.45, 2.75) is 31.6 Å². The van der Waals surface area contributed by atoms with Crippen LogP contribution < -0.4 is 10.2 Å². The third-order valence-corrected chi connectivity index (χ3v) is 8.02. The molecular formula is C37H33BO. The van der Waals surface area contributed by atoms with Crippen LogP contribution in [-0.2, 0) is 10.8 Å². The van der Waals surface area contributed by atoms with Crippen molar-refractivity contribution in [3.8, 4) is 22.6 Å². The smallest absolute Gasteiger partial charge is 0.139 e. The number of fused-ring (bicyclic) bond motifs is 3.